The largest absolute Gasteiger partial charge is 0.441 e. The average Bonchev–Trinajstić information content (AvgIpc) is 2.00. The third-order valence-electron chi connectivity index (χ3n) is 2.35. The molecule has 0 aromatic rings. The summed E-state index contributed by atoms with van der Waals surface area (Å²) >= 11 is 0. The first-order chi connectivity index (χ1) is 5.60. The zero-order valence-corrected chi connectivity index (χ0v) is 6.96. The van der Waals surface area contributed by atoms with Crippen LogP contribution in [0.5, 0.6) is 0 Å². The van der Waals surface area contributed by atoms with Crippen molar-refractivity contribution in [2.75, 3.05) is 0 Å². The van der Waals surface area contributed by atoms with Crippen molar-refractivity contribution in [3.63, 3.8) is 0 Å². The minimum absolute atomic E-state index is 0.164. The number of guanidine groups is 1. The molecule has 2 unspecified atom stereocenters. The second kappa shape index (κ2) is 3.00. The minimum Gasteiger partial charge on any atom is -0.441 e. The van der Waals surface area contributed by atoms with Gasteiger partial charge in [-0.05, 0) is 6.42 Å². The number of hydrogen-bond acceptors (Lipinski definition) is 3. The molecular formula is C7H13N3O2. The van der Waals surface area contributed by atoms with Crippen LogP contribution in [-0.4, -0.2) is 18.2 Å². The van der Waals surface area contributed by atoms with E-state index >= 15 is 0 Å². The van der Waals surface area contributed by atoms with Crippen molar-refractivity contribution in [2.45, 2.75) is 25.5 Å². The van der Waals surface area contributed by atoms with Gasteiger partial charge in [-0.25, -0.2) is 0 Å². The van der Waals surface area contributed by atoms with Crippen LogP contribution in [0.15, 0.2) is 0 Å². The zero-order chi connectivity index (χ0) is 9.19. The molecule has 68 valence electrons. The number of hydrogen-bond donors (Lipinski definition) is 3. The van der Waals surface area contributed by atoms with E-state index < -0.39 is 5.72 Å². The number of carbonyl (C=O) groups excluding carboxylic acids is 1. The summed E-state index contributed by atoms with van der Waals surface area (Å²) in [6.45, 7) is 2.34. The first-order valence-corrected chi connectivity index (χ1v) is 3.84. The highest BCUT2D eigenvalue weighted by atomic mass is 16.6. The summed E-state index contributed by atoms with van der Waals surface area (Å²) in [5.41, 5.74) is 4.44. The molecule has 5 nitrogen and oxygen atoms in total. The second-order valence-electron chi connectivity index (χ2n) is 3.08. The van der Waals surface area contributed by atoms with Crippen LogP contribution in [-0.2, 0) is 9.53 Å². The van der Waals surface area contributed by atoms with Gasteiger partial charge in [0.2, 0.25) is 0 Å². The predicted octanol–water partition coefficient (Wildman–Crippen LogP) is -0.231. The topological polar surface area (TPSA) is 88.2 Å². The summed E-state index contributed by atoms with van der Waals surface area (Å²) in [6.07, 6.45) is 1.70. The molecule has 1 saturated carbocycles. The van der Waals surface area contributed by atoms with E-state index in [1.807, 2.05) is 6.92 Å². The van der Waals surface area contributed by atoms with E-state index in [1.165, 1.54) is 0 Å². The molecule has 0 aliphatic heterocycles. The number of nitrogens with one attached hydrogen (secondary N) is 2. The molecule has 2 atom stereocenters. The Labute approximate surface area is 70.8 Å². The maximum Gasteiger partial charge on any atom is 0.295 e. The van der Waals surface area contributed by atoms with Crippen molar-refractivity contribution in [1.82, 2.24) is 5.32 Å². The highest BCUT2D eigenvalue weighted by Gasteiger charge is 2.46. The van der Waals surface area contributed by atoms with E-state index in [4.69, 9.17) is 15.9 Å². The second-order valence-corrected chi connectivity index (χ2v) is 3.08. The van der Waals surface area contributed by atoms with Gasteiger partial charge in [0.05, 0.1) is 0 Å². The van der Waals surface area contributed by atoms with Crippen LogP contribution < -0.4 is 11.1 Å². The Kier molecular flexibility index (Phi) is 2.21. The Morgan fingerprint density at radius 3 is 2.83 bits per heavy atom. The smallest absolute Gasteiger partial charge is 0.295 e. The average molecular weight is 171 g/mol. The standard InChI is InChI=1S/C7H13N3O2/c1-5-2-3-7(5,12-4-11)10-6(8)9/h4-5H,2-3H2,1H3,(H4,8,9,10). The molecule has 5 heteroatoms. The maximum atomic E-state index is 10.2. The zero-order valence-electron chi connectivity index (χ0n) is 6.96. The van der Waals surface area contributed by atoms with Crippen LogP contribution >= 0.6 is 0 Å². The van der Waals surface area contributed by atoms with Crippen LogP contribution in [0.1, 0.15) is 19.8 Å². The summed E-state index contributed by atoms with van der Waals surface area (Å²) in [6, 6.07) is 0. The summed E-state index contributed by atoms with van der Waals surface area (Å²) < 4.78 is 4.88. The fourth-order valence-corrected chi connectivity index (χ4v) is 1.40. The van der Waals surface area contributed by atoms with E-state index in [9.17, 15) is 4.79 Å². The quantitative estimate of drug-likeness (QED) is 0.237. The van der Waals surface area contributed by atoms with Gasteiger partial charge in [-0.3, -0.25) is 10.2 Å². The van der Waals surface area contributed by atoms with Gasteiger partial charge in [-0.15, -0.1) is 0 Å². The molecule has 4 N–H and O–H groups in total. The maximum absolute atomic E-state index is 10.2. The summed E-state index contributed by atoms with van der Waals surface area (Å²) in [4.78, 5) is 10.2. The van der Waals surface area contributed by atoms with Crippen molar-refractivity contribution in [2.24, 2.45) is 11.7 Å². The van der Waals surface area contributed by atoms with Crippen LogP contribution in [0.4, 0.5) is 0 Å². The van der Waals surface area contributed by atoms with Gasteiger partial charge in [-0.2, -0.15) is 0 Å². The fraction of sp³-hybridized carbons (Fsp3) is 0.714. The van der Waals surface area contributed by atoms with Gasteiger partial charge in [0.1, 0.15) is 0 Å². The minimum atomic E-state index is -0.715. The third kappa shape index (κ3) is 1.34. The lowest BCUT2D eigenvalue weighted by Crippen LogP contribution is -2.62. The fourth-order valence-electron chi connectivity index (χ4n) is 1.40. The Morgan fingerprint density at radius 1 is 1.92 bits per heavy atom. The molecule has 1 fully saturated rings. The predicted molar refractivity (Wildman–Crippen MR) is 43.3 cm³/mol. The lowest BCUT2D eigenvalue weighted by Gasteiger charge is -2.46. The highest BCUT2D eigenvalue weighted by Crippen LogP contribution is 2.38. The molecular weight excluding hydrogens is 158 g/mol. The summed E-state index contributed by atoms with van der Waals surface area (Å²) in [5.74, 6) is 0.0509. The van der Waals surface area contributed by atoms with Crippen molar-refractivity contribution < 1.29 is 9.53 Å². The molecule has 0 saturated heterocycles. The first kappa shape index (κ1) is 8.83. The summed E-state index contributed by atoms with van der Waals surface area (Å²) in [5, 5.41) is 9.68. The first-order valence-electron chi connectivity index (χ1n) is 3.84. The highest BCUT2D eigenvalue weighted by molar-refractivity contribution is 5.75. The molecule has 0 aromatic carbocycles. The van der Waals surface area contributed by atoms with Gasteiger partial charge in [-0.1, -0.05) is 6.92 Å². The van der Waals surface area contributed by atoms with E-state index in [1.54, 1.807) is 0 Å². The van der Waals surface area contributed by atoms with Crippen LogP contribution in [0.25, 0.3) is 0 Å². The van der Waals surface area contributed by atoms with E-state index in [2.05, 4.69) is 5.32 Å². The van der Waals surface area contributed by atoms with Gasteiger partial charge >= 0.3 is 0 Å². The van der Waals surface area contributed by atoms with Gasteiger partial charge in [0, 0.05) is 12.3 Å². The van der Waals surface area contributed by atoms with Crippen molar-refractivity contribution in [3.05, 3.63) is 0 Å². The molecule has 0 radical (unpaired) electrons. The van der Waals surface area contributed by atoms with Crippen molar-refractivity contribution >= 4 is 12.4 Å². The van der Waals surface area contributed by atoms with Gasteiger partial charge < -0.3 is 15.8 Å². The Morgan fingerprint density at radius 2 is 2.58 bits per heavy atom. The molecule has 0 bridgehead atoms. The molecule has 1 aliphatic rings. The van der Waals surface area contributed by atoms with Gasteiger partial charge in [0.25, 0.3) is 6.47 Å². The van der Waals surface area contributed by atoms with Crippen LogP contribution in [0, 0.1) is 11.3 Å². The van der Waals surface area contributed by atoms with E-state index in [0.29, 0.717) is 12.9 Å². The van der Waals surface area contributed by atoms with Crippen molar-refractivity contribution in [3.8, 4) is 0 Å². The Hall–Kier alpha value is -1.26. The van der Waals surface area contributed by atoms with Gasteiger partial charge in [0.15, 0.2) is 11.7 Å². The summed E-state index contributed by atoms with van der Waals surface area (Å²) in [7, 11) is 0. The Balaban J connectivity index is 2.59. The third-order valence-corrected chi connectivity index (χ3v) is 2.35. The lowest BCUT2D eigenvalue weighted by atomic mass is 9.77. The van der Waals surface area contributed by atoms with E-state index in [0.717, 1.165) is 6.42 Å². The molecule has 1 rings (SSSR count). The molecule has 0 amide bonds. The number of rotatable bonds is 3. The van der Waals surface area contributed by atoms with Crippen LogP contribution in [0.3, 0.4) is 0 Å². The molecule has 0 spiro atoms. The van der Waals surface area contributed by atoms with Crippen LogP contribution in [0.2, 0.25) is 0 Å². The van der Waals surface area contributed by atoms with E-state index in [-0.39, 0.29) is 11.9 Å². The SMILES string of the molecule is CC1CCC1(NC(=N)N)OC=O. The normalized spacial score (nSPS) is 33.2. The van der Waals surface area contributed by atoms with Crippen molar-refractivity contribution in [1.29, 1.82) is 5.41 Å². The molecule has 0 aromatic heterocycles. The number of carbonyl (C=O) groups is 1. The molecule has 12 heavy (non-hydrogen) atoms. The molecule has 0 heterocycles. The number of ether oxygens (including phenoxy) is 1. The molecule has 1 aliphatic carbocycles. The lowest BCUT2D eigenvalue weighted by molar-refractivity contribution is -0.169. The monoisotopic (exact) mass is 171 g/mol. The Bertz CT molecular complexity index is 207. The number of nitrogens with two attached hydrogens (primary N) is 1.